The van der Waals surface area contributed by atoms with Crippen LogP contribution in [-0.2, 0) is 4.79 Å². The largest absolute Gasteiger partial charge is 0.492 e. The van der Waals surface area contributed by atoms with Gasteiger partial charge in [-0.25, -0.2) is 0 Å². The fourth-order valence-electron chi connectivity index (χ4n) is 3.45. The molecule has 1 heterocycles. The van der Waals surface area contributed by atoms with E-state index in [1.54, 1.807) is 0 Å². The summed E-state index contributed by atoms with van der Waals surface area (Å²) in [6.07, 6.45) is 4.50. The minimum atomic E-state index is -0.179. The summed E-state index contributed by atoms with van der Waals surface area (Å²) >= 11 is 0. The molecule has 0 atom stereocenters. The van der Waals surface area contributed by atoms with Crippen molar-refractivity contribution >= 4 is 23.2 Å². The molecule has 0 radical (unpaired) electrons. The van der Waals surface area contributed by atoms with E-state index in [2.05, 4.69) is 10.6 Å². The third-order valence-electron chi connectivity index (χ3n) is 4.92. The molecule has 0 unspecified atom stereocenters. The summed E-state index contributed by atoms with van der Waals surface area (Å²) in [5, 5.41) is 5.96. The Hall–Kier alpha value is -3.02. The minimum absolute atomic E-state index is 0.0608. The fourth-order valence-corrected chi connectivity index (χ4v) is 3.45. The van der Waals surface area contributed by atoms with Gasteiger partial charge < -0.3 is 20.3 Å². The normalized spacial score (nSPS) is 14.0. The first-order chi connectivity index (χ1) is 14.2. The topological polar surface area (TPSA) is 70.7 Å². The van der Waals surface area contributed by atoms with Gasteiger partial charge in [-0.2, -0.15) is 0 Å². The van der Waals surface area contributed by atoms with E-state index in [0.29, 0.717) is 23.6 Å². The molecule has 2 aromatic rings. The van der Waals surface area contributed by atoms with Crippen molar-refractivity contribution in [2.75, 3.05) is 36.9 Å². The first-order valence-electron chi connectivity index (χ1n) is 10.3. The summed E-state index contributed by atoms with van der Waals surface area (Å²) in [6, 6.07) is 14.7. The Kier molecular flexibility index (Phi) is 7.50. The van der Waals surface area contributed by atoms with Crippen molar-refractivity contribution in [1.29, 1.82) is 0 Å². The third-order valence-corrected chi connectivity index (χ3v) is 4.92. The summed E-state index contributed by atoms with van der Waals surface area (Å²) in [5.74, 6) is 0.528. The molecule has 1 saturated heterocycles. The highest BCUT2D eigenvalue weighted by Gasteiger charge is 2.17. The van der Waals surface area contributed by atoms with E-state index in [1.807, 2.05) is 60.4 Å². The van der Waals surface area contributed by atoms with Crippen LogP contribution in [0.4, 0.5) is 11.4 Å². The molecule has 2 amide bonds. The lowest BCUT2D eigenvalue weighted by atomic mass is 10.1. The second kappa shape index (κ2) is 10.5. The van der Waals surface area contributed by atoms with Crippen LogP contribution in [0.1, 0.15) is 43.0 Å². The Morgan fingerprint density at radius 1 is 1.00 bits per heavy atom. The van der Waals surface area contributed by atoms with Gasteiger partial charge in [0, 0.05) is 24.3 Å². The number of ether oxygens (including phenoxy) is 1. The predicted molar refractivity (Wildman–Crippen MR) is 116 cm³/mol. The number of amides is 2. The maximum absolute atomic E-state index is 12.8. The summed E-state index contributed by atoms with van der Waals surface area (Å²) in [5.41, 5.74) is 2.05. The summed E-state index contributed by atoms with van der Waals surface area (Å²) in [7, 11) is 0. The predicted octanol–water partition coefficient (Wildman–Crippen LogP) is 4.15. The Bertz CT molecular complexity index is 830. The molecule has 154 valence electrons. The van der Waals surface area contributed by atoms with Crippen LogP contribution in [-0.4, -0.2) is 43.0 Å². The zero-order chi connectivity index (χ0) is 20.5. The summed E-state index contributed by atoms with van der Waals surface area (Å²) < 4.78 is 5.53. The smallest absolute Gasteiger partial charge is 0.253 e. The van der Waals surface area contributed by atoms with Crippen LogP contribution in [0, 0.1) is 0 Å². The average molecular weight is 396 g/mol. The standard InChI is InChI=1S/C23H29N3O3/c1-2-29-21-13-6-5-12-20(21)25-22(27)17-24-19-11-9-10-18(16-19)23(28)26-14-7-3-4-8-15-26/h5-6,9-13,16,24H,2-4,7-8,14-15,17H2,1H3,(H,25,27). The van der Waals surface area contributed by atoms with Gasteiger partial charge in [-0.05, 0) is 50.1 Å². The number of nitrogens with zero attached hydrogens (tertiary/aromatic N) is 1. The number of anilines is 2. The molecule has 3 rings (SSSR count). The SMILES string of the molecule is CCOc1ccccc1NC(=O)CNc1cccc(C(=O)N2CCCCCC2)c1. The monoisotopic (exact) mass is 395 g/mol. The van der Waals surface area contributed by atoms with Gasteiger partial charge in [0.1, 0.15) is 5.75 Å². The van der Waals surface area contributed by atoms with Crippen LogP contribution >= 0.6 is 0 Å². The van der Waals surface area contributed by atoms with Crippen molar-refractivity contribution in [2.45, 2.75) is 32.6 Å². The maximum atomic E-state index is 12.8. The third kappa shape index (κ3) is 5.98. The van der Waals surface area contributed by atoms with Gasteiger partial charge in [-0.1, -0.05) is 31.0 Å². The van der Waals surface area contributed by atoms with Gasteiger partial charge in [0.25, 0.3) is 5.91 Å². The van der Waals surface area contributed by atoms with E-state index in [9.17, 15) is 9.59 Å². The van der Waals surface area contributed by atoms with Crippen molar-refractivity contribution in [3.05, 3.63) is 54.1 Å². The number of hydrogen-bond acceptors (Lipinski definition) is 4. The lowest BCUT2D eigenvalue weighted by Gasteiger charge is -2.20. The molecule has 2 N–H and O–H groups in total. The second-order valence-corrected chi connectivity index (χ2v) is 7.12. The van der Waals surface area contributed by atoms with E-state index in [-0.39, 0.29) is 18.4 Å². The molecule has 2 aromatic carbocycles. The van der Waals surface area contributed by atoms with Crippen LogP contribution in [0.2, 0.25) is 0 Å². The van der Waals surface area contributed by atoms with Crippen molar-refractivity contribution in [1.82, 2.24) is 4.90 Å². The Morgan fingerprint density at radius 3 is 2.52 bits per heavy atom. The van der Waals surface area contributed by atoms with Gasteiger partial charge in [-0.15, -0.1) is 0 Å². The number of carbonyl (C=O) groups is 2. The number of carbonyl (C=O) groups excluding carboxylic acids is 2. The number of benzene rings is 2. The number of hydrogen-bond donors (Lipinski definition) is 2. The fraction of sp³-hybridized carbons (Fsp3) is 0.391. The molecule has 0 saturated carbocycles. The first-order valence-corrected chi connectivity index (χ1v) is 10.3. The Balaban J connectivity index is 1.57. The van der Waals surface area contributed by atoms with Crippen LogP contribution in [0.25, 0.3) is 0 Å². The highest BCUT2D eigenvalue weighted by molar-refractivity contribution is 5.96. The zero-order valence-electron chi connectivity index (χ0n) is 16.9. The van der Waals surface area contributed by atoms with Gasteiger partial charge in [-0.3, -0.25) is 9.59 Å². The van der Waals surface area contributed by atoms with Crippen LogP contribution in [0.15, 0.2) is 48.5 Å². The average Bonchev–Trinajstić information content (AvgIpc) is 3.03. The number of nitrogens with one attached hydrogen (secondary N) is 2. The van der Waals surface area contributed by atoms with Gasteiger partial charge in [0.2, 0.25) is 5.91 Å². The van der Waals surface area contributed by atoms with E-state index in [1.165, 1.54) is 12.8 Å². The lowest BCUT2D eigenvalue weighted by molar-refractivity contribution is -0.114. The van der Waals surface area contributed by atoms with E-state index in [4.69, 9.17) is 4.74 Å². The molecule has 0 spiro atoms. The summed E-state index contributed by atoms with van der Waals surface area (Å²) in [6.45, 7) is 4.17. The molecule has 0 bridgehead atoms. The first kappa shape index (κ1) is 20.7. The summed E-state index contributed by atoms with van der Waals surface area (Å²) in [4.78, 5) is 27.1. The molecule has 6 heteroatoms. The number of likely N-dealkylation sites (tertiary alicyclic amines) is 1. The molecule has 1 aliphatic rings. The van der Waals surface area contributed by atoms with Crippen LogP contribution in [0.3, 0.4) is 0 Å². The quantitative estimate of drug-likeness (QED) is 0.739. The highest BCUT2D eigenvalue weighted by Crippen LogP contribution is 2.23. The number of rotatable bonds is 7. The zero-order valence-corrected chi connectivity index (χ0v) is 16.9. The van der Waals surface area contributed by atoms with Crippen LogP contribution < -0.4 is 15.4 Å². The maximum Gasteiger partial charge on any atom is 0.253 e. The second-order valence-electron chi connectivity index (χ2n) is 7.12. The van der Waals surface area contributed by atoms with Crippen LogP contribution in [0.5, 0.6) is 5.75 Å². The van der Waals surface area contributed by atoms with Gasteiger partial charge in [0.15, 0.2) is 0 Å². The van der Waals surface area contributed by atoms with Crippen molar-refractivity contribution in [3.63, 3.8) is 0 Å². The van der Waals surface area contributed by atoms with Crippen molar-refractivity contribution in [3.8, 4) is 5.75 Å². The molecule has 0 aromatic heterocycles. The van der Waals surface area contributed by atoms with Gasteiger partial charge in [0.05, 0.1) is 18.8 Å². The number of para-hydroxylation sites is 2. The van der Waals surface area contributed by atoms with Gasteiger partial charge >= 0.3 is 0 Å². The molecule has 1 aliphatic heterocycles. The van der Waals surface area contributed by atoms with Crippen molar-refractivity contribution in [2.24, 2.45) is 0 Å². The Labute approximate surface area is 172 Å². The molecule has 1 fully saturated rings. The molecule has 29 heavy (non-hydrogen) atoms. The highest BCUT2D eigenvalue weighted by atomic mass is 16.5. The molecular weight excluding hydrogens is 366 g/mol. The van der Waals surface area contributed by atoms with E-state index < -0.39 is 0 Å². The Morgan fingerprint density at radius 2 is 1.76 bits per heavy atom. The molecular formula is C23H29N3O3. The van der Waals surface area contributed by atoms with E-state index >= 15 is 0 Å². The van der Waals surface area contributed by atoms with E-state index in [0.717, 1.165) is 31.6 Å². The lowest BCUT2D eigenvalue weighted by Crippen LogP contribution is -2.31. The molecule has 6 nitrogen and oxygen atoms in total. The minimum Gasteiger partial charge on any atom is -0.492 e. The molecule has 0 aliphatic carbocycles. The van der Waals surface area contributed by atoms with Crippen molar-refractivity contribution < 1.29 is 14.3 Å².